The first-order valence-corrected chi connectivity index (χ1v) is 17.4. The van der Waals surface area contributed by atoms with Gasteiger partial charge in [0.05, 0.1) is 17.7 Å². The molecule has 2 atom stereocenters. The van der Waals surface area contributed by atoms with Crippen molar-refractivity contribution in [2.24, 2.45) is 0 Å². The van der Waals surface area contributed by atoms with Crippen LogP contribution in [0.4, 0.5) is 10.5 Å². The first kappa shape index (κ1) is 32.6. The van der Waals surface area contributed by atoms with Crippen molar-refractivity contribution in [1.82, 2.24) is 14.7 Å². The summed E-state index contributed by atoms with van der Waals surface area (Å²) in [5, 5.41) is 0.668. The smallest absolute Gasteiger partial charge is 0.410 e. The third-order valence-corrected chi connectivity index (χ3v) is 11.1. The number of rotatable bonds is 8. The number of carbonyl (C=O) groups excluding carboxylic acids is 2. The quantitative estimate of drug-likeness (QED) is 0.298. The fourth-order valence-electron chi connectivity index (χ4n) is 6.79. The standard InChI is InChI=1S/C33H36Cl2N4O6S/c1-36(2)32(41)45-30-7-6-18-38(30)33(26-14-8-22(19-29(26)44-3)21-37-16-4-5-17-37)27-20-24(35)11-15-28(27)39(31(33)40)46(42,43)25-12-9-23(34)10-13-25/h8-15,19-20,30H,4-7,16-18,21H2,1-3H3/t30-,33?/m0/s1. The van der Waals surface area contributed by atoms with Crippen LogP contribution in [0.2, 0.25) is 10.0 Å². The van der Waals surface area contributed by atoms with E-state index < -0.39 is 33.8 Å². The van der Waals surface area contributed by atoms with E-state index in [-0.39, 0.29) is 10.6 Å². The van der Waals surface area contributed by atoms with Crippen molar-refractivity contribution in [3.63, 3.8) is 0 Å². The first-order chi connectivity index (χ1) is 22.0. The van der Waals surface area contributed by atoms with Crippen molar-refractivity contribution in [3.8, 4) is 5.75 Å². The average molecular weight is 688 g/mol. The van der Waals surface area contributed by atoms with Crippen molar-refractivity contribution in [1.29, 1.82) is 0 Å². The summed E-state index contributed by atoms with van der Waals surface area (Å²) in [6, 6.07) is 16.0. The fraction of sp³-hybridized carbons (Fsp3) is 0.394. The Bertz CT molecular complexity index is 1760. The van der Waals surface area contributed by atoms with E-state index in [1.54, 1.807) is 31.1 Å². The van der Waals surface area contributed by atoms with Crippen LogP contribution in [-0.4, -0.2) is 82.2 Å². The third kappa shape index (κ3) is 5.51. The topological polar surface area (TPSA) is 99.7 Å². The number of carbonyl (C=O) groups is 2. The van der Waals surface area contributed by atoms with Gasteiger partial charge in [0.25, 0.3) is 15.9 Å². The highest BCUT2D eigenvalue weighted by Crippen LogP contribution is 2.55. The number of hydrogen-bond acceptors (Lipinski definition) is 8. The molecule has 3 aliphatic rings. The second kappa shape index (κ2) is 12.7. The number of likely N-dealkylation sites (tertiary alicyclic amines) is 2. The zero-order valence-corrected chi connectivity index (χ0v) is 28.2. The molecule has 2 fully saturated rings. The minimum absolute atomic E-state index is 0.105. The molecule has 244 valence electrons. The maximum Gasteiger partial charge on any atom is 0.410 e. The molecule has 0 saturated carbocycles. The fourth-order valence-corrected chi connectivity index (χ4v) is 8.54. The van der Waals surface area contributed by atoms with Crippen LogP contribution in [0.5, 0.6) is 5.75 Å². The Kier molecular flexibility index (Phi) is 8.99. The number of halogens is 2. The highest BCUT2D eigenvalue weighted by molar-refractivity contribution is 7.93. The van der Waals surface area contributed by atoms with Crippen LogP contribution in [-0.2, 0) is 31.6 Å². The summed E-state index contributed by atoms with van der Waals surface area (Å²) in [7, 11) is 0.241. The Hall–Kier alpha value is -3.35. The molecular weight excluding hydrogens is 651 g/mol. The second-order valence-corrected chi connectivity index (χ2v) is 14.6. The minimum atomic E-state index is -4.45. The molecule has 10 nitrogen and oxygen atoms in total. The summed E-state index contributed by atoms with van der Waals surface area (Å²) in [6.45, 7) is 3.05. The molecule has 0 bridgehead atoms. The Morgan fingerprint density at radius 1 is 0.935 bits per heavy atom. The highest BCUT2D eigenvalue weighted by atomic mass is 35.5. The van der Waals surface area contributed by atoms with E-state index in [2.05, 4.69) is 4.90 Å². The summed E-state index contributed by atoms with van der Waals surface area (Å²) in [5.41, 5.74) is 0.149. The SMILES string of the molecule is COc1cc(CN2CCCC2)ccc1C1(N2CCC[C@@H]2OC(=O)N(C)C)C(=O)N(S(=O)(=O)c2ccc(Cl)cc2)c2ccc(Cl)cc21. The lowest BCUT2D eigenvalue weighted by Crippen LogP contribution is -2.57. The van der Waals surface area contributed by atoms with Gasteiger partial charge in [-0.15, -0.1) is 0 Å². The average Bonchev–Trinajstić information content (AvgIpc) is 3.76. The number of hydrogen-bond donors (Lipinski definition) is 0. The molecule has 3 aliphatic heterocycles. The molecule has 0 spiro atoms. The van der Waals surface area contributed by atoms with Gasteiger partial charge in [-0.05, 0) is 92.9 Å². The van der Waals surface area contributed by atoms with Crippen LogP contribution in [0.1, 0.15) is 42.4 Å². The van der Waals surface area contributed by atoms with Crippen LogP contribution in [0.15, 0.2) is 65.6 Å². The molecule has 3 aromatic rings. The van der Waals surface area contributed by atoms with Crippen molar-refractivity contribution >= 4 is 50.9 Å². The molecular formula is C33H36Cl2N4O6S. The Morgan fingerprint density at radius 2 is 1.63 bits per heavy atom. The van der Waals surface area contributed by atoms with Crippen LogP contribution in [0.25, 0.3) is 0 Å². The van der Waals surface area contributed by atoms with E-state index in [4.69, 9.17) is 32.7 Å². The van der Waals surface area contributed by atoms with Gasteiger partial charge in [-0.2, -0.15) is 0 Å². The highest BCUT2D eigenvalue weighted by Gasteiger charge is 2.63. The van der Waals surface area contributed by atoms with Crippen LogP contribution in [0, 0.1) is 0 Å². The van der Waals surface area contributed by atoms with E-state index in [1.165, 1.54) is 42.3 Å². The molecule has 0 radical (unpaired) electrons. The Morgan fingerprint density at radius 3 is 2.30 bits per heavy atom. The van der Waals surface area contributed by atoms with Crippen molar-refractivity contribution in [2.45, 2.75) is 48.9 Å². The number of methoxy groups -OCH3 is 1. The second-order valence-electron chi connectivity index (χ2n) is 12.0. The molecule has 0 aromatic heterocycles. The van der Waals surface area contributed by atoms with Crippen LogP contribution < -0.4 is 9.04 Å². The monoisotopic (exact) mass is 686 g/mol. The van der Waals surface area contributed by atoms with E-state index in [1.807, 2.05) is 18.2 Å². The normalized spacial score (nSPS) is 21.9. The number of benzene rings is 3. The summed E-state index contributed by atoms with van der Waals surface area (Å²) in [5.74, 6) is -0.343. The maximum absolute atomic E-state index is 15.3. The zero-order chi connectivity index (χ0) is 32.8. The van der Waals surface area contributed by atoms with E-state index in [9.17, 15) is 13.2 Å². The van der Waals surface area contributed by atoms with Gasteiger partial charge >= 0.3 is 6.09 Å². The number of ether oxygens (including phenoxy) is 2. The molecule has 3 aromatic carbocycles. The van der Waals surface area contributed by atoms with Crippen molar-refractivity contribution in [2.75, 3.05) is 45.1 Å². The summed E-state index contributed by atoms with van der Waals surface area (Å²) in [4.78, 5) is 33.5. The Balaban J connectivity index is 1.59. The summed E-state index contributed by atoms with van der Waals surface area (Å²) in [6.07, 6.45) is 1.88. The lowest BCUT2D eigenvalue weighted by molar-refractivity contribution is -0.132. The number of nitrogens with zero attached hydrogens (tertiary/aromatic N) is 4. The molecule has 0 N–H and O–H groups in total. The van der Waals surface area contributed by atoms with Gasteiger partial charge in [0, 0.05) is 48.4 Å². The van der Waals surface area contributed by atoms with E-state index in [0.717, 1.165) is 35.8 Å². The van der Waals surface area contributed by atoms with Crippen LogP contribution >= 0.6 is 23.2 Å². The van der Waals surface area contributed by atoms with Gasteiger partial charge in [0.2, 0.25) is 0 Å². The molecule has 46 heavy (non-hydrogen) atoms. The van der Waals surface area contributed by atoms with Gasteiger partial charge in [0.1, 0.15) is 5.75 Å². The largest absolute Gasteiger partial charge is 0.496 e. The number of sulfonamides is 1. The number of amides is 2. The number of anilines is 1. The first-order valence-electron chi connectivity index (χ1n) is 15.2. The van der Waals surface area contributed by atoms with Gasteiger partial charge < -0.3 is 14.4 Å². The maximum atomic E-state index is 15.3. The predicted molar refractivity (Wildman–Crippen MR) is 176 cm³/mol. The van der Waals surface area contributed by atoms with Crippen molar-refractivity contribution < 1.29 is 27.5 Å². The van der Waals surface area contributed by atoms with Gasteiger partial charge in [-0.1, -0.05) is 35.3 Å². The van der Waals surface area contributed by atoms with Gasteiger partial charge in [-0.25, -0.2) is 22.4 Å². The zero-order valence-electron chi connectivity index (χ0n) is 25.9. The molecule has 2 saturated heterocycles. The predicted octanol–water partition coefficient (Wildman–Crippen LogP) is 5.70. The van der Waals surface area contributed by atoms with Crippen LogP contribution in [0.3, 0.4) is 0 Å². The summed E-state index contributed by atoms with van der Waals surface area (Å²) >= 11 is 12.7. The van der Waals surface area contributed by atoms with Crippen molar-refractivity contribution in [3.05, 3.63) is 87.4 Å². The van der Waals surface area contributed by atoms with E-state index >= 15 is 4.79 Å². The number of fused-ring (bicyclic) bond motifs is 1. The minimum Gasteiger partial charge on any atom is -0.496 e. The lowest BCUT2D eigenvalue weighted by atomic mass is 9.81. The van der Waals surface area contributed by atoms with Gasteiger partial charge in [-0.3, -0.25) is 9.69 Å². The molecule has 0 aliphatic carbocycles. The molecule has 1 unspecified atom stereocenters. The summed E-state index contributed by atoms with van der Waals surface area (Å²) < 4.78 is 41.5. The Labute approximate surface area is 279 Å². The van der Waals surface area contributed by atoms with E-state index in [0.29, 0.717) is 52.9 Å². The molecule has 6 rings (SSSR count). The molecule has 2 amide bonds. The molecule has 13 heteroatoms. The van der Waals surface area contributed by atoms with Gasteiger partial charge in [0.15, 0.2) is 11.8 Å². The molecule has 3 heterocycles. The lowest BCUT2D eigenvalue weighted by Gasteiger charge is -2.41. The third-order valence-electron chi connectivity index (χ3n) is 8.90.